The minimum absolute atomic E-state index is 0.0294. The first kappa shape index (κ1) is 14.8. The average molecular weight is 312 g/mol. The highest BCUT2D eigenvalue weighted by Gasteiger charge is 2.19. The Balaban J connectivity index is 2.25. The van der Waals surface area contributed by atoms with Crippen LogP contribution in [0.5, 0.6) is 0 Å². The zero-order valence-electron chi connectivity index (χ0n) is 10.8. The van der Waals surface area contributed by atoms with E-state index < -0.39 is 10.0 Å². The fourth-order valence-electron chi connectivity index (χ4n) is 1.62. The maximum Gasteiger partial charge on any atom is 0.242 e. The molecule has 7 heteroatoms. The van der Waals surface area contributed by atoms with E-state index in [2.05, 4.69) is 9.71 Å². The fraction of sp³-hybridized carbons (Fsp3) is 0.154. The molecule has 2 aromatic rings. The van der Waals surface area contributed by atoms with Gasteiger partial charge in [-0.05, 0) is 36.8 Å². The third-order valence-electron chi connectivity index (χ3n) is 2.78. The number of aromatic nitrogens is 1. The van der Waals surface area contributed by atoms with Crippen LogP contribution in [0.4, 0.5) is 5.69 Å². The molecule has 1 aromatic carbocycles. The first-order valence-corrected chi connectivity index (χ1v) is 7.71. The quantitative estimate of drug-likeness (QED) is 0.847. The van der Waals surface area contributed by atoms with Crippen LogP contribution in [0, 0.1) is 6.92 Å². The highest BCUT2D eigenvalue weighted by molar-refractivity contribution is 7.89. The number of hydrogen-bond donors (Lipinski definition) is 2. The van der Waals surface area contributed by atoms with Crippen LogP contribution >= 0.6 is 11.6 Å². The van der Waals surface area contributed by atoms with Crippen molar-refractivity contribution in [3.05, 3.63) is 52.8 Å². The summed E-state index contributed by atoms with van der Waals surface area (Å²) in [6.07, 6.45) is 1.60. The molecule has 0 unspecified atom stereocenters. The molecule has 0 spiro atoms. The standard InChI is InChI=1S/C13H14ClN3O2S/c1-9-6-11(14)13(7-12(9)15)20(18,19)17-8-10-4-2-3-5-16-10/h2-7,17H,8,15H2,1H3. The summed E-state index contributed by atoms with van der Waals surface area (Å²) in [4.78, 5) is 4.02. The molecule has 0 aliphatic carbocycles. The van der Waals surface area contributed by atoms with Crippen LogP contribution in [-0.2, 0) is 16.6 Å². The van der Waals surface area contributed by atoms with E-state index in [-0.39, 0.29) is 16.5 Å². The molecule has 0 saturated heterocycles. The Morgan fingerprint density at radius 1 is 1.35 bits per heavy atom. The molecule has 1 heterocycles. The number of sulfonamides is 1. The van der Waals surface area contributed by atoms with Crippen LogP contribution in [0.1, 0.15) is 11.3 Å². The minimum atomic E-state index is -3.73. The molecule has 0 radical (unpaired) electrons. The number of nitrogens with two attached hydrogens (primary N) is 1. The molecule has 20 heavy (non-hydrogen) atoms. The lowest BCUT2D eigenvalue weighted by molar-refractivity contribution is 0.580. The largest absolute Gasteiger partial charge is 0.398 e. The summed E-state index contributed by atoms with van der Waals surface area (Å²) < 4.78 is 26.9. The summed E-state index contributed by atoms with van der Waals surface area (Å²) in [5.41, 5.74) is 7.47. The number of hydrogen-bond acceptors (Lipinski definition) is 4. The Kier molecular flexibility index (Phi) is 4.27. The van der Waals surface area contributed by atoms with Crippen molar-refractivity contribution >= 4 is 27.3 Å². The van der Waals surface area contributed by atoms with Crippen LogP contribution in [0.25, 0.3) is 0 Å². The van der Waals surface area contributed by atoms with E-state index >= 15 is 0 Å². The van der Waals surface area contributed by atoms with E-state index in [0.29, 0.717) is 11.4 Å². The fourth-order valence-corrected chi connectivity index (χ4v) is 3.24. The van der Waals surface area contributed by atoms with Gasteiger partial charge < -0.3 is 5.73 Å². The van der Waals surface area contributed by atoms with Gasteiger partial charge in [0.2, 0.25) is 10.0 Å². The molecule has 0 amide bonds. The van der Waals surface area contributed by atoms with Gasteiger partial charge in [-0.2, -0.15) is 0 Å². The third-order valence-corrected chi connectivity index (χ3v) is 4.65. The van der Waals surface area contributed by atoms with Crippen molar-refractivity contribution in [2.75, 3.05) is 5.73 Å². The van der Waals surface area contributed by atoms with Crippen LogP contribution in [0.15, 0.2) is 41.4 Å². The van der Waals surface area contributed by atoms with Gasteiger partial charge >= 0.3 is 0 Å². The number of anilines is 1. The molecule has 5 nitrogen and oxygen atoms in total. The maximum atomic E-state index is 12.2. The van der Waals surface area contributed by atoms with Crippen LogP contribution < -0.4 is 10.5 Å². The number of rotatable bonds is 4. The van der Waals surface area contributed by atoms with Crippen molar-refractivity contribution < 1.29 is 8.42 Å². The average Bonchev–Trinajstić information content (AvgIpc) is 2.42. The van der Waals surface area contributed by atoms with Crippen molar-refractivity contribution in [1.29, 1.82) is 0 Å². The topological polar surface area (TPSA) is 85.1 Å². The molecule has 1 aromatic heterocycles. The maximum absolute atomic E-state index is 12.2. The smallest absolute Gasteiger partial charge is 0.242 e. The molecule has 0 aliphatic rings. The molecular formula is C13H14ClN3O2S. The number of aryl methyl sites for hydroxylation is 1. The monoisotopic (exact) mass is 311 g/mol. The molecule has 0 bridgehead atoms. The predicted octanol–water partition coefficient (Wildman–Crippen LogP) is 2.10. The zero-order chi connectivity index (χ0) is 14.8. The van der Waals surface area contributed by atoms with Crippen LogP contribution in [-0.4, -0.2) is 13.4 Å². The molecular weight excluding hydrogens is 298 g/mol. The van der Waals surface area contributed by atoms with Gasteiger partial charge in [-0.3, -0.25) is 4.98 Å². The summed E-state index contributed by atoms with van der Waals surface area (Å²) in [5.74, 6) is 0. The Morgan fingerprint density at radius 3 is 2.75 bits per heavy atom. The summed E-state index contributed by atoms with van der Waals surface area (Å²) in [7, 11) is -3.73. The van der Waals surface area contributed by atoms with Gasteiger partial charge in [0.05, 0.1) is 17.3 Å². The lowest BCUT2D eigenvalue weighted by Gasteiger charge is -2.10. The Labute approximate surface area is 122 Å². The first-order chi connectivity index (χ1) is 9.40. The SMILES string of the molecule is Cc1cc(Cl)c(S(=O)(=O)NCc2ccccn2)cc1N. The molecule has 0 atom stereocenters. The second kappa shape index (κ2) is 5.78. The van der Waals surface area contributed by atoms with Gasteiger partial charge in [-0.1, -0.05) is 17.7 Å². The normalized spacial score (nSPS) is 11.5. The molecule has 3 N–H and O–H groups in total. The number of nitrogen functional groups attached to an aromatic ring is 1. The van der Waals surface area contributed by atoms with E-state index in [4.69, 9.17) is 17.3 Å². The number of halogens is 1. The van der Waals surface area contributed by atoms with Crippen LogP contribution in [0.3, 0.4) is 0 Å². The van der Waals surface area contributed by atoms with E-state index in [1.165, 1.54) is 12.1 Å². The summed E-state index contributed by atoms with van der Waals surface area (Å²) in [6, 6.07) is 8.17. The zero-order valence-corrected chi connectivity index (χ0v) is 12.4. The van der Waals surface area contributed by atoms with Crippen molar-refractivity contribution in [2.24, 2.45) is 0 Å². The third kappa shape index (κ3) is 3.27. The number of benzene rings is 1. The van der Waals surface area contributed by atoms with E-state index in [1.54, 1.807) is 31.3 Å². The van der Waals surface area contributed by atoms with Gasteiger partial charge in [0.25, 0.3) is 0 Å². The highest BCUT2D eigenvalue weighted by Crippen LogP contribution is 2.26. The number of nitrogens with one attached hydrogen (secondary N) is 1. The Hall–Kier alpha value is -1.63. The van der Waals surface area contributed by atoms with Gasteiger partial charge in [0.15, 0.2) is 0 Å². The van der Waals surface area contributed by atoms with E-state index in [0.717, 1.165) is 5.56 Å². The van der Waals surface area contributed by atoms with Crippen molar-refractivity contribution in [2.45, 2.75) is 18.4 Å². The second-order valence-corrected chi connectivity index (χ2v) is 6.43. The molecule has 0 fully saturated rings. The van der Waals surface area contributed by atoms with Crippen molar-refractivity contribution in [1.82, 2.24) is 9.71 Å². The minimum Gasteiger partial charge on any atom is -0.398 e. The van der Waals surface area contributed by atoms with Gasteiger partial charge in [-0.25, -0.2) is 13.1 Å². The number of nitrogens with zero attached hydrogens (tertiary/aromatic N) is 1. The molecule has 0 aliphatic heterocycles. The van der Waals surface area contributed by atoms with Gasteiger partial charge in [-0.15, -0.1) is 0 Å². The summed E-state index contributed by atoms with van der Waals surface area (Å²) >= 11 is 5.98. The van der Waals surface area contributed by atoms with Crippen molar-refractivity contribution in [3.8, 4) is 0 Å². The highest BCUT2D eigenvalue weighted by atomic mass is 35.5. The Morgan fingerprint density at radius 2 is 2.10 bits per heavy atom. The van der Waals surface area contributed by atoms with E-state index in [1.807, 2.05) is 0 Å². The second-order valence-electron chi connectivity index (χ2n) is 4.28. The van der Waals surface area contributed by atoms with E-state index in [9.17, 15) is 8.42 Å². The molecule has 0 saturated carbocycles. The van der Waals surface area contributed by atoms with Crippen molar-refractivity contribution in [3.63, 3.8) is 0 Å². The predicted molar refractivity (Wildman–Crippen MR) is 78.9 cm³/mol. The molecule has 2 rings (SSSR count). The first-order valence-electron chi connectivity index (χ1n) is 5.85. The summed E-state index contributed by atoms with van der Waals surface area (Å²) in [6.45, 7) is 1.85. The van der Waals surface area contributed by atoms with Gasteiger partial charge in [0, 0.05) is 11.9 Å². The molecule has 106 valence electrons. The number of pyridine rings is 1. The lowest BCUT2D eigenvalue weighted by atomic mass is 10.2. The summed E-state index contributed by atoms with van der Waals surface area (Å²) in [5, 5.41) is 0.144. The van der Waals surface area contributed by atoms with Gasteiger partial charge in [0.1, 0.15) is 4.90 Å². The van der Waals surface area contributed by atoms with Crippen LogP contribution in [0.2, 0.25) is 5.02 Å². The lowest BCUT2D eigenvalue weighted by Crippen LogP contribution is -2.24. The Bertz CT molecular complexity index is 718.